The first-order chi connectivity index (χ1) is 16.7. The first-order valence-corrected chi connectivity index (χ1v) is 14.0. The molecule has 2 rings (SSSR count). The van der Waals surface area contributed by atoms with Gasteiger partial charge in [-0.1, -0.05) is 81.8 Å². The van der Waals surface area contributed by atoms with Crippen LogP contribution in [0.4, 0.5) is 0 Å². The van der Waals surface area contributed by atoms with E-state index in [0.717, 1.165) is 49.3 Å². The van der Waals surface area contributed by atoms with Crippen LogP contribution in [-0.2, 0) is 11.2 Å². The summed E-state index contributed by atoms with van der Waals surface area (Å²) in [6.45, 7) is 15.9. The van der Waals surface area contributed by atoms with Crippen molar-refractivity contribution in [3.8, 4) is 0 Å². The number of carbonyl (C=O) groups is 1. The van der Waals surface area contributed by atoms with Crippen LogP contribution in [0.5, 0.6) is 0 Å². The van der Waals surface area contributed by atoms with Crippen LogP contribution in [0.3, 0.4) is 0 Å². The number of unbranched alkanes of at least 4 members (excludes halogenated alkanes) is 1. The van der Waals surface area contributed by atoms with Crippen molar-refractivity contribution < 1.29 is 4.79 Å². The third-order valence-corrected chi connectivity index (χ3v) is 6.13. The van der Waals surface area contributed by atoms with E-state index in [1.54, 1.807) is 12.3 Å². The Balaban J connectivity index is 0.000000888. The number of halogens is 2. The predicted molar refractivity (Wildman–Crippen MR) is 157 cm³/mol. The lowest BCUT2D eigenvalue weighted by Crippen LogP contribution is -2.35. The summed E-state index contributed by atoms with van der Waals surface area (Å²) in [4.78, 5) is 16.1. The predicted octanol–water partition coefficient (Wildman–Crippen LogP) is 9.76. The summed E-state index contributed by atoms with van der Waals surface area (Å²) in [5.74, 6) is 1.05. The molecule has 0 spiro atoms. The van der Waals surface area contributed by atoms with Crippen LogP contribution in [0.1, 0.15) is 105 Å². The van der Waals surface area contributed by atoms with E-state index in [0.29, 0.717) is 22.5 Å². The lowest BCUT2D eigenvalue weighted by molar-refractivity contribution is -0.122. The Morgan fingerprint density at radius 1 is 1.03 bits per heavy atom. The number of aliphatic imine (C=N–C) groups is 1. The summed E-state index contributed by atoms with van der Waals surface area (Å²) >= 11 is 12.0. The number of rotatable bonds is 8. The van der Waals surface area contributed by atoms with Crippen molar-refractivity contribution in [2.24, 2.45) is 10.9 Å². The Morgan fingerprint density at radius 2 is 1.60 bits per heavy atom. The Labute approximate surface area is 225 Å². The van der Waals surface area contributed by atoms with Crippen LogP contribution < -0.4 is 5.32 Å². The number of allylic oxidation sites excluding steroid dienone is 2. The zero-order chi connectivity index (χ0) is 26.6. The first-order valence-electron chi connectivity index (χ1n) is 13.2. The van der Waals surface area contributed by atoms with Gasteiger partial charge in [0.25, 0.3) is 0 Å². The Hall–Kier alpha value is -1.58. The summed E-state index contributed by atoms with van der Waals surface area (Å²) in [5, 5.41) is 4.59. The van der Waals surface area contributed by atoms with Gasteiger partial charge in [-0.15, -0.1) is 0 Å². The Kier molecular flexibility index (Phi) is 19.7. The highest BCUT2D eigenvalue weighted by atomic mass is 35.5. The molecule has 0 aliphatic heterocycles. The van der Waals surface area contributed by atoms with Crippen LogP contribution in [0.25, 0.3) is 0 Å². The average Bonchev–Trinajstić information content (AvgIpc) is 2.76. The van der Waals surface area contributed by atoms with E-state index in [-0.39, 0.29) is 5.91 Å². The van der Waals surface area contributed by atoms with Crippen molar-refractivity contribution >= 4 is 34.8 Å². The fourth-order valence-corrected chi connectivity index (χ4v) is 4.70. The molecule has 1 N–H and O–H groups in total. The van der Waals surface area contributed by atoms with Crippen molar-refractivity contribution in [3.63, 3.8) is 0 Å². The molecule has 1 aromatic rings. The van der Waals surface area contributed by atoms with Gasteiger partial charge in [-0.3, -0.25) is 9.79 Å². The summed E-state index contributed by atoms with van der Waals surface area (Å²) in [5.41, 5.74) is 3.41. The topological polar surface area (TPSA) is 41.5 Å². The molecule has 0 heterocycles. The maximum atomic E-state index is 12.1. The second kappa shape index (κ2) is 20.6. The quantitative estimate of drug-likeness (QED) is 0.267. The zero-order valence-electron chi connectivity index (χ0n) is 22.9. The van der Waals surface area contributed by atoms with E-state index in [2.05, 4.69) is 23.8 Å². The maximum absolute atomic E-state index is 12.1. The van der Waals surface area contributed by atoms with E-state index in [9.17, 15) is 4.79 Å². The largest absolute Gasteiger partial charge is 0.353 e. The van der Waals surface area contributed by atoms with Crippen LogP contribution in [0.2, 0.25) is 10.0 Å². The fourth-order valence-electron chi connectivity index (χ4n) is 4.13. The van der Waals surface area contributed by atoms with Crippen LogP contribution in [0, 0.1) is 5.92 Å². The molecule has 0 unspecified atom stereocenters. The molecule has 0 bridgehead atoms. The molecule has 1 fully saturated rings. The van der Waals surface area contributed by atoms with E-state index in [1.807, 2.05) is 52.8 Å². The molecule has 1 aliphatic carbocycles. The van der Waals surface area contributed by atoms with Crippen molar-refractivity contribution in [1.82, 2.24) is 5.32 Å². The molecular weight excluding hydrogens is 475 g/mol. The Morgan fingerprint density at radius 3 is 2.11 bits per heavy atom. The minimum absolute atomic E-state index is 0.206. The molecule has 0 atom stereocenters. The molecule has 35 heavy (non-hydrogen) atoms. The lowest BCUT2D eigenvalue weighted by atomic mass is 9.90. The second-order valence-electron chi connectivity index (χ2n) is 9.39. The van der Waals surface area contributed by atoms with Crippen molar-refractivity contribution in [2.75, 3.05) is 0 Å². The molecular formula is C30H48Cl2N2O. The van der Waals surface area contributed by atoms with Gasteiger partial charge >= 0.3 is 0 Å². The summed E-state index contributed by atoms with van der Waals surface area (Å²) in [6.07, 6.45) is 14.3. The highest BCUT2D eigenvalue weighted by Gasteiger charge is 2.16. The fraction of sp³-hybridized carbons (Fsp3) is 0.600. The monoisotopic (exact) mass is 522 g/mol. The van der Waals surface area contributed by atoms with Gasteiger partial charge in [0.2, 0.25) is 5.91 Å². The molecule has 1 aromatic carbocycles. The van der Waals surface area contributed by atoms with Gasteiger partial charge in [0.15, 0.2) is 0 Å². The Bertz CT molecular complexity index is 767. The van der Waals surface area contributed by atoms with Gasteiger partial charge in [-0.05, 0) is 88.6 Å². The number of hydrogen-bond donors (Lipinski definition) is 1. The molecule has 1 amide bonds. The van der Waals surface area contributed by atoms with E-state index in [1.165, 1.54) is 31.3 Å². The van der Waals surface area contributed by atoms with Gasteiger partial charge < -0.3 is 5.32 Å². The smallest absolute Gasteiger partial charge is 0.220 e. The van der Waals surface area contributed by atoms with E-state index >= 15 is 0 Å². The number of carbonyl (C=O) groups excluding carboxylic acids is 1. The zero-order valence-corrected chi connectivity index (χ0v) is 24.4. The van der Waals surface area contributed by atoms with Crippen molar-refractivity contribution in [3.05, 3.63) is 58.2 Å². The first kappa shape index (κ1) is 33.4. The molecule has 3 nitrogen and oxygen atoms in total. The molecule has 0 radical (unpaired) electrons. The summed E-state index contributed by atoms with van der Waals surface area (Å²) < 4.78 is 0. The van der Waals surface area contributed by atoms with E-state index in [4.69, 9.17) is 23.2 Å². The van der Waals surface area contributed by atoms with Gasteiger partial charge in [0.1, 0.15) is 0 Å². The lowest BCUT2D eigenvalue weighted by Gasteiger charge is -2.23. The minimum atomic E-state index is 0.206. The number of nitrogens with zero attached hydrogens (tertiary/aromatic N) is 1. The van der Waals surface area contributed by atoms with Gasteiger partial charge in [0.05, 0.1) is 0 Å². The molecule has 5 heteroatoms. The minimum Gasteiger partial charge on any atom is -0.353 e. The van der Waals surface area contributed by atoms with Crippen molar-refractivity contribution in [2.45, 2.75) is 112 Å². The van der Waals surface area contributed by atoms with Gasteiger partial charge in [-0.25, -0.2) is 0 Å². The standard InChI is InChI=1S/C20H29Cl2NO.C8H13N.C2H6/c1-15-6-4-9-19(10-5-7-15)23-20(24)11-3-2-8-16-12-17(21)14-18(22)13-16;1-5-9-8(4)6-7(2)3;1-2/h12-15,19H,2-11H2,1H3,(H,23,24);5-6H,1H2,2-4H3;1-2H3. The highest BCUT2D eigenvalue weighted by molar-refractivity contribution is 6.34. The number of amides is 1. The van der Waals surface area contributed by atoms with Crippen LogP contribution in [-0.4, -0.2) is 17.7 Å². The normalized spacial score (nSPS) is 17.9. The van der Waals surface area contributed by atoms with Gasteiger partial charge in [-0.2, -0.15) is 0 Å². The van der Waals surface area contributed by atoms with Crippen LogP contribution >= 0.6 is 23.2 Å². The molecule has 0 aromatic heterocycles. The third-order valence-electron chi connectivity index (χ3n) is 5.70. The molecule has 198 valence electrons. The number of hydrogen-bond acceptors (Lipinski definition) is 2. The third kappa shape index (κ3) is 18.4. The summed E-state index contributed by atoms with van der Waals surface area (Å²) in [6, 6.07) is 6.03. The summed E-state index contributed by atoms with van der Waals surface area (Å²) in [7, 11) is 0. The van der Waals surface area contributed by atoms with Crippen LogP contribution in [0.15, 0.2) is 47.6 Å². The van der Waals surface area contributed by atoms with Crippen molar-refractivity contribution in [1.29, 1.82) is 0 Å². The second-order valence-corrected chi connectivity index (χ2v) is 10.3. The SMILES string of the molecule is C=CN=C(C)C=C(C)C.CC.CC1CCCC(NC(=O)CCCCc2cc(Cl)cc(Cl)c2)CCC1. The average molecular weight is 524 g/mol. The molecule has 1 aliphatic rings. The van der Waals surface area contributed by atoms with E-state index < -0.39 is 0 Å². The maximum Gasteiger partial charge on any atom is 0.220 e. The number of nitrogens with one attached hydrogen (secondary N) is 1. The van der Waals surface area contributed by atoms with Gasteiger partial charge in [0, 0.05) is 34.4 Å². The number of aryl methyl sites for hydroxylation is 1. The highest BCUT2D eigenvalue weighted by Crippen LogP contribution is 2.22. The number of benzene rings is 1. The molecule has 1 saturated carbocycles. The molecule has 0 saturated heterocycles.